The Hall–Kier alpha value is -1.55. The Bertz CT molecular complexity index is 482. The van der Waals surface area contributed by atoms with E-state index < -0.39 is 0 Å². The van der Waals surface area contributed by atoms with E-state index in [2.05, 4.69) is 10.2 Å². The molecule has 4 nitrogen and oxygen atoms in total. The molecule has 1 heterocycles. The van der Waals surface area contributed by atoms with Crippen LogP contribution in [0.15, 0.2) is 18.2 Å². The molecule has 0 unspecified atom stereocenters. The van der Waals surface area contributed by atoms with Crippen molar-refractivity contribution in [1.29, 1.82) is 0 Å². The number of carbonyl (C=O) groups excluding carboxylic acids is 1. The van der Waals surface area contributed by atoms with Crippen molar-refractivity contribution in [1.82, 2.24) is 10.2 Å². The molecule has 0 bridgehead atoms. The fourth-order valence-electron chi connectivity index (χ4n) is 2.77. The predicted molar refractivity (Wildman–Crippen MR) is 89.3 cm³/mol. The van der Waals surface area contributed by atoms with Gasteiger partial charge in [-0.15, -0.1) is 0 Å². The Morgan fingerprint density at radius 1 is 1.23 bits per heavy atom. The van der Waals surface area contributed by atoms with Gasteiger partial charge in [0.2, 0.25) is 0 Å². The molecule has 0 saturated carbocycles. The van der Waals surface area contributed by atoms with Gasteiger partial charge in [-0.2, -0.15) is 0 Å². The molecule has 1 aliphatic heterocycles. The summed E-state index contributed by atoms with van der Waals surface area (Å²) in [4.78, 5) is 14.3. The number of nitrogens with zero attached hydrogens (tertiary/aromatic N) is 1. The number of hydrogen-bond donors (Lipinski definition) is 1. The second-order valence-electron chi connectivity index (χ2n) is 6.16. The molecule has 122 valence electrons. The first kappa shape index (κ1) is 16.8. The van der Waals surface area contributed by atoms with E-state index in [9.17, 15) is 4.79 Å². The number of hydrogen-bond acceptors (Lipinski definition) is 3. The molecular weight excluding hydrogens is 276 g/mol. The fraction of sp³-hybridized carbons (Fsp3) is 0.611. The Labute approximate surface area is 133 Å². The lowest BCUT2D eigenvalue weighted by atomic mass is 10.1. The maximum atomic E-state index is 11.8. The summed E-state index contributed by atoms with van der Waals surface area (Å²) in [5.41, 5.74) is 2.20. The first-order chi connectivity index (χ1) is 10.6. The van der Waals surface area contributed by atoms with Gasteiger partial charge in [-0.05, 0) is 69.9 Å². The van der Waals surface area contributed by atoms with Crippen LogP contribution in [0.3, 0.4) is 0 Å². The van der Waals surface area contributed by atoms with Gasteiger partial charge in [-0.25, -0.2) is 0 Å². The van der Waals surface area contributed by atoms with Crippen LogP contribution in [0.2, 0.25) is 0 Å². The highest BCUT2D eigenvalue weighted by molar-refractivity contribution is 5.77. The lowest BCUT2D eigenvalue weighted by molar-refractivity contribution is -0.123. The van der Waals surface area contributed by atoms with Crippen LogP contribution in [0.1, 0.15) is 36.8 Å². The van der Waals surface area contributed by atoms with Gasteiger partial charge in [0.25, 0.3) is 5.91 Å². The van der Waals surface area contributed by atoms with Gasteiger partial charge >= 0.3 is 0 Å². The monoisotopic (exact) mass is 304 g/mol. The quantitative estimate of drug-likeness (QED) is 0.788. The van der Waals surface area contributed by atoms with Crippen LogP contribution in [-0.2, 0) is 4.79 Å². The number of likely N-dealkylation sites (tertiary alicyclic amines) is 1. The zero-order chi connectivity index (χ0) is 15.8. The summed E-state index contributed by atoms with van der Waals surface area (Å²) in [6.45, 7) is 8.34. The molecule has 0 spiro atoms. The molecule has 0 atom stereocenters. The van der Waals surface area contributed by atoms with Gasteiger partial charge < -0.3 is 15.0 Å². The van der Waals surface area contributed by atoms with E-state index >= 15 is 0 Å². The maximum Gasteiger partial charge on any atom is 0.257 e. The average Bonchev–Trinajstić information content (AvgIpc) is 2.53. The molecule has 0 aromatic heterocycles. The van der Waals surface area contributed by atoms with E-state index in [0.717, 1.165) is 36.4 Å². The van der Waals surface area contributed by atoms with Crippen LogP contribution in [0.4, 0.5) is 0 Å². The Morgan fingerprint density at radius 3 is 2.77 bits per heavy atom. The number of carbonyl (C=O) groups is 1. The number of benzene rings is 1. The van der Waals surface area contributed by atoms with Crippen LogP contribution in [0.5, 0.6) is 5.75 Å². The molecule has 1 aromatic carbocycles. The van der Waals surface area contributed by atoms with Crippen molar-refractivity contribution in [2.24, 2.45) is 0 Å². The first-order valence-corrected chi connectivity index (χ1v) is 8.34. The van der Waals surface area contributed by atoms with Gasteiger partial charge in [0.1, 0.15) is 5.75 Å². The normalized spacial score (nSPS) is 15.5. The number of rotatable bonds is 7. The largest absolute Gasteiger partial charge is 0.483 e. The van der Waals surface area contributed by atoms with Crippen LogP contribution in [-0.4, -0.2) is 43.6 Å². The van der Waals surface area contributed by atoms with Gasteiger partial charge in [-0.3, -0.25) is 4.79 Å². The maximum absolute atomic E-state index is 11.8. The summed E-state index contributed by atoms with van der Waals surface area (Å²) in [7, 11) is 0. The van der Waals surface area contributed by atoms with Crippen LogP contribution < -0.4 is 10.1 Å². The predicted octanol–water partition coefficient (Wildman–Crippen LogP) is 2.67. The van der Waals surface area contributed by atoms with Gasteiger partial charge in [0.15, 0.2) is 6.61 Å². The third kappa shape index (κ3) is 5.68. The van der Waals surface area contributed by atoms with E-state index in [1.165, 1.54) is 32.4 Å². The highest BCUT2D eigenvalue weighted by Gasteiger charge is 2.09. The standard InChI is InChI=1S/C18H28N2O2/c1-15-7-8-16(2)17(13-15)22-14-18(21)19-9-6-12-20-10-4-3-5-11-20/h7-8,13H,3-6,9-12,14H2,1-2H3,(H,19,21). The molecule has 0 aliphatic carbocycles. The fourth-order valence-corrected chi connectivity index (χ4v) is 2.77. The molecule has 1 aliphatic rings. The molecule has 4 heteroatoms. The van der Waals surface area contributed by atoms with Gasteiger partial charge in [0.05, 0.1) is 0 Å². The summed E-state index contributed by atoms with van der Waals surface area (Å²) in [5, 5.41) is 2.94. The Balaban J connectivity index is 1.60. The van der Waals surface area contributed by atoms with Crippen molar-refractivity contribution in [2.45, 2.75) is 39.5 Å². The SMILES string of the molecule is Cc1ccc(C)c(OCC(=O)NCCCN2CCCCC2)c1. The molecule has 1 amide bonds. The first-order valence-electron chi connectivity index (χ1n) is 8.34. The van der Waals surface area contributed by atoms with E-state index in [-0.39, 0.29) is 12.5 Å². The van der Waals surface area contributed by atoms with E-state index in [1.807, 2.05) is 32.0 Å². The summed E-state index contributed by atoms with van der Waals surface area (Å²) >= 11 is 0. The molecule has 1 saturated heterocycles. The van der Waals surface area contributed by atoms with Crippen molar-refractivity contribution in [3.63, 3.8) is 0 Å². The van der Waals surface area contributed by atoms with E-state index in [0.29, 0.717) is 0 Å². The van der Waals surface area contributed by atoms with Crippen molar-refractivity contribution in [3.8, 4) is 5.75 Å². The molecule has 0 radical (unpaired) electrons. The van der Waals surface area contributed by atoms with Crippen molar-refractivity contribution in [3.05, 3.63) is 29.3 Å². The third-order valence-electron chi connectivity index (χ3n) is 4.12. The van der Waals surface area contributed by atoms with Gasteiger partial charge in [-0.1, -0.05) is 18.6 Å². The van der Waals surface area contributed by atoms with Crippen molar-refractivity contribution < 1.29 is 9.53 Å². The molecule has 1 N–H and O–H groups in total. The lowest BCUT2D eigenvalue weighted by Crippen LogP contribution is -2.34. The van der Waals surface area contributed by atoms with E-state index in [1.54, 1.807) is 0 Å². The highest BCUT2D eigenvalue weighted by Crippen LogP contribution is 2.18. The Morgan fingerprint density at radius 2 is 2.00 bits per heavy atom. The molecule has 1 fully saturated rings. The molecule has 1 aromatic rings. The zero-order valence-corrected chi connectivity index (χ0v) is 13.9. The Kier molecular flexibility index (Phi) is 6.72. The van der Waals surface area contributed by atoms with Gasteiger partial charge in [0, 0.05) is 6.54 Å². The van der Waals surface area contributed by atoms with Crippen LogP contribution >= 0.6 is 0 Å². The number of amides is 1. The second-order valence-corrected chi connectivity index (χ2v) is 6.16. The molecule has 22 heavy (non-hydrogen) atoms. The van der Waals surface area contributed by atoms with Crippen LogP contribution in [0, 0.1) is 13.8 Å². The third-order valence-corrected chi connectivity index (χ3v) is 4.12. The summed E-state index contributed by atoms with van der Waals surface area (Å²) in [5.74, 6) is 0.753. The lowest BCUT2D eigenvalue weighted by Gasteiger charge is -2.26. The highest BCUT2D eigenvalue weighted by atomic mass is 16.5. The topological polar surface area (TPSA) is 41.6 Å². The number of ether oxygens (including phenoxy) is 1. The molecular formula is C18H28N2O2. The molecule has 2 rings (SSSR count). The smallest absolute Gasteiger partial charge is 0.257 e. The summed E-state index contributed by atoms with van der Waals surface area (Å²) < 4.78 is 5.60. The van der Waals surface area contributed by atoms with Crippen molar-refractivity contribution >= 4 is 5.91 Å². The van der Waals surface area contributed by atoms with Crippen molar-refractivity contribution in [2.75, 3.05) is 32.8 Å². The number of piperidine rings is 1. The number of aryl methyl sites for hydroxylation is 2. The summed E-state index contributed by atoms with van der Waals surface area (Å²) in [6, 6.07) is 6.03. The minimum absolute atomic E-state index is 0.0421. The summed E-state index contributed by atoms with van der Waals surface area (Å²) in [6.07, 6.45) is 5.00. The van der Waals surface area contributed by atoms with E-state index in [4.69, 9.17) is 4.74 Å². The number of nitrogens with one attached hydrogen (secondary N) is 1. The minimum Gasteiger partial charge on any atom is -0.483 e. The zero-order valence-electron chi connectivity index (χ0n) is 13.9. The minimum atomic E-state index is -0.0421. The average molecular weight is 304 g/mol. The second kappa shape index (κ2) is 8.79. The van der Waals surface area contributed by atoms with Crippen LogP contribution in [0.25, 0.3) is 0 Å².